The Balaban J connectivity index is 0. The lowest BCUT2D eigenvalue weighted by Crippen LogP contribution is -2.14. The molecule has 0 aliphatic carbocycles. The van der Waals surface area contributed by atoms with Crippen LogP contribution < -0.4 is 0 Å². The van der Waals surface area contributed by atoms with Crippen molar-refractivity contribution in [1.29, 1.82) is 0 Å². The van der Waals surface area contributed by atoms with Crippen LogP contribution in [0.25, 0.3) is 0 Å². The van der Waals surface area contributed by atoms with Crippen LogP contribution in [0.15, 0.2) is 11.6 Å². The van der Waals surface area contributed by atoms with E-state index >= 15 is 0 Å². The van der Waals surface area contributed by atoms with Crippen LogP contribution in [0.4, 0.5) is 0 Å². The summed E-state index contributed by atoms with van der Waals surface area (Å²) < 4.78 is 4.69. The van der Waals surface area contributed by atoms with Crippen molar-refractivity contribution in [3.63, 3.8) is 0 Å². The molecule has 15 heavy (non-hydrogen) atoms. The van der Waals surface area contributed by atoms with E-state index < -0.39 is 5.97 Å². The van der Waals surface area contributed by atoms with Gasteiger partial charge in [-0.15, -0.1) is 0 Å². The Morgan fingerprint density at radius 3 is 2.00 bits per heavy atom. The summed E-state index contributed by atoms with van der Waals surface area (Å²) in [6.07, 6.45) is 2.07. The number of carbonyl (C=O) groups excluding carboxylic acids is 4. The van der Waals surface area contributed by atoms with Crippen molar-refractivity contribution in [2.45, 2.75) is 27.2 Å². The zero-order chi connectivity index (χ0) is 12.3. The van der Waals surface area contributed by atoms with Gasteiger partial charge in [-0.25, -0.2) is 4.79 Å². The SMILES string of the molecule is C/C=C(/C(=O)CC)C(=O)OCC.O=C=O. The van der Waals surface area contributed by atoms with Crippen molar-refractivity contribution < 1.29 is 23.9 Å². The molecule has 0 spiro atoms. The van der Waals surface area contributed by atoms with Crippen LogP contribution in [0.1, 0.15) is 27.2 Å². The molecule has 0 radical (unpaired) electrons. The number of hydrogen-bond acceptors (Lipinski definition) is 5. The Morgan fingerprint density at radius 2 is 1.73 bits per heavy atom. The van der Waals surface area contributed by atoms with Crippen molar-refractivity contribution in [2.75, 3.05) is 6.61 Å². The van der Waals surface area contributed by atoms with E-state index in [9.17, 15) is 9.59 Å². The van der Waals surface area contributed by atoms with Gasteiger partial charge in [-0.2, -0.15) is 9.59 Å². The molecule has 0 aromatic carbocycles. The van der Waals surface area contributed by atoms with Gasteiger partial charge in [0.1, 0.15) is 0 Å². The summed E-state index contributed by atoms with van der Waals surface area (Å²) in [6, 6.07) is 0. The van der Waals surface area contributed by atoms with E-state index in [2.05, 4.69) is 4.74 Å². The second-order valence-electron chi connectivity index (χ2n) is 2.28. The highest BCUT2D eigenvalue weighted by Gasteiger charge is 2.15. The molecule has 84 valence electrons. The normalized spacial score (nSPS) is 9.40. The van der Waals surface area contributed by atoms with Crippen LogP contribution in [-0.2, 0) is 23.9 Å². The number of esters is 1. The number of rotatable bonds is 4. The predicted molar refractivity (Wildman–Crippen MR) is 50.7 cm³/mol. The first-order chi connectivity index (χ1) is 7.08. The highest BCUT2D eigenvalue weighted by Crippen LogP contribution is 2.02. The maximum atomic E-state index is 11.1. The third kappa shape index (κ3) is 7.34. The lowest BCUT2D eigenvalue weighted by atomic mass is 10.1. The van der Waals surface area contributed by atoms with Gasteiger partial charge in [-0.3, -0.25) is 4.79 Å². The van der Waals surface area contributed by atoms with Crippen LogP contribution in [0, 0.1) is 0 Å². The number of Topliss-reactive ketones (excluding diaryl/α,β-unsaturated/α-hetero) is 1. The third-order valence-corrected chi connectivity index (χ3v) is 1.41. The molecule has 0 bridgehead atoms. The maximum absolute atomic E-state index is 11.1. The fourth-order valence-electron chi connectivity index (χ4n) is 0.792. The standard InChI is InChI=1S/C9H14O3.CO2/c1-4-7(8(10)5-2)9(11)12-6-3;2-1-3/h4H,5-6H2,1-3H3;/b7-4-;. The van der Waals surface area contributed by atoms with Crippen LogP contribution in [0.2, 0.25) is 0 Å². The second-order valence-corrected chi connectivity index (χ2v) is 2.28. The first-order valence-corrected chi connectivity index (χ1v) is 4.44. The van der Waals surface area contributed by atoms with Gasteiger partial charge in [0.05, 0.1) is 12.2 Å². The molecule has 0 amide bonds. The third-order valence-electron chi connectivity index (χ3n) is 1.41. The molecule has 0 aliphatic heterocycles. The Bertz CT molecular complexity index is 272. The quantitative estimate of drug-likeness (QED) is 0.300. The zero-order valence-corrected chi connectivity index (χ0v) is 9.03. The fraction of sp³-hybridized carbons (Fsp3) is 0.500. The van der Waals surface area contributed by atoms with Gasteiger partial charge in [0.15, 0.2) is 5.78 Å². The molecular formula is C10H14O5. The van der Waals surface area contributed by atoms with Crippen molar-refractivity contribution in [3.05, 3.63) is 11.6 Å². The zero-order valence-electron chi connectivity index (χ0n) is 9.03. The lowest BCUT2D eigenvalue weighted by Gasteiger charge is -2.02. The molecule has 0 rings (SSSR count). The summed E-state index contributed by atoms with van der Waals surface area (Å²) >= 11 is 0. The summed E-state index contributed by atoms with van der Waals surface area (Å²) in [5.74, 6) is -0.692. The van der Waals surface area contributed by atoms with Gasteiger partial charge in [0, 0.05) is 6.42 Å². The fourth-order valence-corrected chi connectivity index (χ4v) is 0.792. The summed E-state index contributed by atoms with van der Waals surface area (Å²) in [6.45, 7) is 5.37. The van der Waals surface area contributed by atoms with Crippen molar-refractivity contribution in [2.24, 2.45) is 0 Å². The molecule has 0 N–H and O–H groups in total. The van der Waals surface area contributed by atoms with E-state index in [-0.39, 0.29) is 17.5 Å². The molecule has 0 fully saturated rings. The van der Waals surface area contributed by atoms with Crippen LogP contribution >= 0.6 is 0 Å². The molecule has 0 aliphatic rings. The first kappa shape index (κ1) is 15.7. The maximum Gasteiger partial charge on any atom is 0.373 e. The molecule has 5 nitrogen and oxygen atoms in total. The Labute approximate surface area is 88.1 Å². The topological polar surface area (TPSA) is 77.5 Å². The largest absolute Gasteiger partial charge is 0.462 e. The average molecular weight is 214 g/mol. The Hall–Kier alpha value is -1.74. The smallest absolute Gasteiger partial charge is 0.373 e. The van der Waals surface area contributed by atoms with E-state index in [1.807, 2.05) is 0 Å². The molecule has 0 atom stereocenters. The number of carbonyl (C=O) groups is 2. The van der Waals surface area contributed by atoms with Crippen molar-refractivity contribution in [3.8, 4) is 0 Å². The van der Waals surface area contributed by atoms with Crippen LogP contribution in [0.5, 0.6) is 0 Å². The van der Waals surface area contributed by atoms with Crippen molar-refractivity contribution in [1.82, 2.24) is 0 Å². The first-order valence-electron chi connectivity index (χ1n) is 4.44. The molecule has 0 heterocycles. The van der Waals surface area contributed by atoms with Gasteiger partial charge in [0.2, 0.25) is 0 Å². The van der Waals surface area contributed by atoms with Crippen LogP contribution in [0.3, 0.4) is 0 Å². The number of ether oxygens (including phenoxy) is 1. The van der Waals surface area contributed by atoms with E-state index in [0.717, 1.165) is 0 Å². The Morgan fingerprint density at radius 1 is 1.27 bits per heavy atom. The molecule has 0 aromatic rings. The van der Waals surface area contributed by atoms with Gasteiger partial charge >= 0.3 is 12.1 Å². The van der Waals surface area contributed by atoms with Gasteiger partial charge in [-0.1, -0.05) is 13.0 Å². The van der Waals surface area contributed by atoms with E-state index in [1.165, 1.54) is 6.08 Å². The summed E-state index contributed by atoms with van der Waals surface area (Å²) in [7, 11) is 0. The minimum Gasteiger partial charge on any atom is -0.462 e. The number of allylic oxidation sites excluding steroid dienone is 1. The van der Waals surface area contributed by atoms with Gasteiger partial charge < -0.3 is 4.74 Å². The van der Waals surface area contributed by atoms with Crippen LogP contribution in [-0.4, -0.2) is 24.5 Å². The second kappa shape index (κ2) is 10.3. The number of hydrogen-bond donors (Lipinski definition) is 0. The predicted octanol–water partition coefficient (Wildman–Crippen LogP) is 0.891. The molecule has 0 unspecified atom stereocenters. The summed E-state index contributed by atoms with van der Waals surface area (Å²) in [5.41, 5.74) is 0.152. The molecule has 0 saturated carbocycles. The van der Waals surface area contributed by atoms with Crippen molar-refractivity contribution >= 4 is 17.9 Å². The molecule has 0 saturated heterocycles. The number of ketones is 1. The monoisotopic (exact) mass is 214 g/mol. The van der Waals surface area contributed by atoms with E-state index in [1.54, 1.807) is 20.8 Å². The van der Waals surface area contributed by atoms with Gasteiger partial charge in [0.25, 0.3) is 0 Å². The highest BCUT2D eigenvalue weighted by atomic mass is 16.5. The molecule has 0 aromatic heterocycles. The van der Waals surface area contributed by atoms with E-state index in [4.69, 9.17) is 9.59 Å². The highest BCUT2D eigenvalue weighted by molar-refractivity contribution is 6.17. The van der Waals surface area contributed by atoms with Gasteiger partial charge in [-0.05, 0) is 13.8 Å². The minimum absolute atomic E-state index is 0.152. The minimum atomic E-state index is -0.521. The Kier molecular flexibility index (Phi) is 10.8. The lowest BCUT2D eigenvalue weighted by molar-refractivity contribution is -0.191. The molecular weight excluding hydrogens is 200 g/mol. The molecule has 5 heteroatoms. The van der Waals surface area contributed by atoms with E-state index in [0.29, 0.717) is 13.0 Å². The summed E-state index contributed by atoms with van der Waals surface area (Å²) in [5, 5.41) is 0. The average Bonchev–Trinajstić information content (AvgIpc) is 2.20. The summed E-state index contributed by atoms with van der Waals surface area (Å²) in [4.78, 5) is 38.4.